The molecule has 0 radical (unpaired) electrons. The molecule has 2 aromatic carbocycles. The highest BCUT2D eigenvalue weighted by molar-refractivity contribution is 6.05. The number of para-hydroxylation sites is 2. The number of Topliss-reactive ketones (excluding diaryl/α,β-unsaturated/α-hetero) is 1. The Morgan fingerprint density at radius 1 is 1.09 bits per heavy atom. The zero-order chi connectivity index (χ0) is 23.6. The summed E-state index contributed by atoms with van der Waals surface area (Å²) in [5.74, 6) is -2.12. The largest absolute Gasteiger partial charge is 0.366 e. The van der Waals surface area contributed by atoms with Crippen molar-refractivity contribution >= 4 is 34.7 Å². The van der Waals surface area contributed by atoms with E-state index in [1.807, 2.05) is 30.3 Å². The molecule has 0 saturated carbocycles. The molecule has 0 bridgehead atoms. The molecule has 8 nitrogen and oxygen atoms in total. The average Bonchev–Trinajstić information content (AvgIpc) is 3.01. The number of fused-ring (bicyclic) bond motifs is 1. The number of primary amides is 1. The van der Waals surface area contributed by atoms with Gasteiger partial charge in [-0.25, -0.2) is 4.39 Å². The van der Waals surface area contributed by atoms with Crippen molar-refractivity contribution in [3.63, 3.8) is 0 Å². The minimum atomic E-state index is -0.828. The van der Waals surface area contributed by atoms with Crippen LogP contribution in [0.2, 0.25) is 0 Å². The lowest BCUT2D eigenvalue weighted by atomic mass is 10.1. The molecule has 32 heavy (non-hydrogen) atoms. The van der Waals surface area contributed by atoms with E-state index in [1.54, 1.807) is 23.9 Å². The minimum absolute atomic E-state index is 0.0584. The highest BCUT2D eigenvalue weighted by Crippen LogP contribution is 2.40. The van der Waals surface area contributed by atoms with Crippen LogP contribution < -0.4 is 20.9 Å². The summed E-state index contributed by atoms with van der Waals surface area (Å²) < 4.78 is 14.0. The van der Waals surface area contributed by atoms with Gasteiger partial charge in [0.05, 0.1) is 11.4 Å². The summed E-state index contributed by atoms with van der Waals surface area (Å²) in [6.07, 6.45) is -0.438. The maximum Gasteiger partial charge on any atom is 0.248 e. The molecule has 2 amide bonds. The lowest BCUT2D eigenvalue weighted by Gasteiger charge is -2.20. The molecule has 3 rings (SSSR count). The molecule has 0 aromatic heterocycles. The number of rotatable bonds is 6. The molecule has 1 heterocycles. The third-order valence-electron chi connectivity index (χ3n) is 5.34. The van der Waals surface area contributed by atoms with Crippen LogP contribution in [0.3, 0.4) is 0 Å². The third-order valence-corrected chi connectivity index (χ3v) is 5.34. The fraction of sp³-hybridized carbons (Fsp3) is 0.217. The van der Waals surface area contributed by atoms with Crippen molar-refractivity contribution in [3.05, 3.63) is 64.7 Å². The molecule has 0 saturated heterocycles. The maximum atomic E-state index is 14.0. The van der Waals surface area contributed by atoms with E-state index < -0.39 is 23.4 Å². The van der Waals surface area contributed by atoms with Crippen LogP contribution in [0.1, 0.15) is 28.8 Å². The minimum Gasteiger partial charge on any atom is -0.366 e. The Bertz CT molecular complexity index is 1170. The molecule has 3 N–H and O–H groups in total. The fourth-order valence-electron chi connectivity index (χ4n) is 3.57. The van der Waals surface area contributed by atoms with Gasteiger partial charge in [0.25, 0.3) is 0 Å². The van der Waals surface area contributed by atoms with Gasteiger partial charge in [0.1, 0.15) is 23.3 Å². The summed E-state index contributed by atoms with van der Waals surface area (Å²) in [6, 6.07) is 11.7. The summed E-state index contributed by atoms with van der Waals surface area (Å²) in [5, 5.41) is 12.2. The normalized spacial score (nSPS) is 12.3. The van der Waals surface area contributed by atoms with Crippen LogP contribution >= 0.6 is 0 Å². The number of nitrogens with two attached hydrogens (primary N) is 1. The number of amides is 2. The SMILES string of the molecule is Cc1c(F)cc(C(N)=O)cc1NC(=O)CCC(=O)C(C#N)=C1N(C)c2ccccc2N1C. The lowest BCUT2D eigenvalue weighted by molar-refractivity contribution is -0.120. The first-order valence-electron chi connectivity index (χ1n) is 9.79. The van der Waals surface area contributed by atoms with Crippen LogP contribution in [-0.4, -0.2) is 31.7 Å². The molecule has 0 unspecified atom stereocenters. The van der Waals surface area contributed by atoms with Gasteiger partial charge in [-0.3, -0.25) is 14.4 Å². The molecule has 164 valence electrons. The van der Waals surface area contributed by atoms with E-state index in [0.717, 1.165) is 17.4 Å². The lowest BCUT2D eigenvalue weighted by Crippen LogP contribution is -2.26. The van der Waals surface area contributed by atoms with Crippen molar-refractivity contribution < 1.29 is 18.8 Å². The zero-order valence-electron chi connectivity index (χ0n) is 17.9. The number of allylic oxidation sites excluding steroid dienone is 1. The monoisotopic (exact) mass is 435 g/mol. The van der Waals surface area contributed by atoms with Gasteiger partial charge in [-0.05, 0) is 31.2 Å². The van der Waals surface area contributed by atoms with Crippen molar-refractivity contribution in [3.8, 4) is 6.07 Å². The number of nitrogens with one attached hydrogen (secondary N) is 1. The number of hydrogen-bond donors (Lipinski definition) is 2. The fourth-order valence-corrected chi connectivity index (χ4v) is 3.57. The van der Waals surface area contributed by atoms with Gasteiger partial charge in [-0.2, -0.15) is 5.26 Å². The Morgan fingerprint density at radius 3 is 2.22 bits per heavy atom. The van der Waals surface area contributed by atoms with Crippen molar-refractivity contribution in [1.82, 2.24) is 0 Å². The predicted octanol–water partition coefficient (Wildman–Crippen LogP) is 2.84. The second-order valence-electron chi connectivity index (χ2n) is 7.38. The highest BCUT2D eigenvalue weighted by Gasteiger charge is 2.31. The van der Waals surface area contributed by atoms with E-state index >= 15 is 0 Å². The van der Waals surface area contributed by atoms with E-state index in [1.165, 1.54) is 13.0 Å². The number of benzene rings is 2. The van der Waals surface area contributed by atoms with Crippen LogP contribution in [0.25, 0.3) is 0 Å². The molecule has 0 spiro atoms. The van der Waals surface area contributed by atoms with Gasteiger partial charge in [0.15, 0.2) is 5.78 Å². The van der Waals surface area contributed by atoms with Crippen molar-refractivity contribution in [2.75, 3.05) is 29.2 Å². The molecular weight excluding hydrogens is 413 g/mol. The van der Waals surface area contributed by atoms with Crippen molar-refractivity contribution in [2.24, 2.45) is 5.73 Å². The molecule has 1 aliphatic heterocycles. The number of ketones is 1. The molecule has 0 fully saturated rings. The third kappa shape index (κ3) is 4.16. The van der Waals surface area contributed by atoms with Crippen LogP contribution in [0, 0.1) is 24.1 Å². The van der Waals surface area contributed by atoms with Gasteiger partial charge in [-0.1, -0.05) is 12.1 Å². The van der Waals surface area contributed by atoms with Gasteiger partial charge in [0.2, 0.25) is 11.8 Å². The van der Waals surface area contributed by atoms with Crippen molar-refractivity contribution in [1.29, 1.82) is 5.26 Å². The van der Waals surface area contributed by atoms with Gasteiger partial charge >= 0.3 is 0 Å². The zero-order valence-corrected chi connectivity index (χ0v) is 17.9. The average molecular weight is 435 g/mol. The summed E-state index contributed by atoms with van der Waals surface area (Å²) in [5.41, 5.74) is 7.00. The smallest absolute Gasteiger partial charge is 0.248 e. The number of hydrogen-bond acceptors (Lipinski definition) is 6. The first kappa shape index (κ1) is 22.5. The Balaban J connectivity index is 1.75. The molecular formula is C23H22FN5O3. The number of anilines is 3. The van der Waals surface area contributed by atoms with Crippen LogP contribution in [0.15, 0.2) is 47.8 Å². The quantitative estimate of drug-likeness (QED) is 0.532. The number of carbonyl (C=O) groups is 3. The first-order valence-corrected chi connectivity index (χ1v) is 9.79. The molecule has 0 aliphatic carbocycles. The number of carbonyl (C=O) groups excluding carboxylic acids is 3. The van der Waals surface area contributed by atoms with E-state index in [9.17, 15) is 24.0 Å². The predicted molar refractivity (Wildman–Crippen MR) is 118 cm³/mol. The summed E-state index contributed by atoms with van der Waals surface area (Å²) >= 11 is 0. The number of nitrogens with zero attached hydrogens (tertiary/aromatic N) is 3. The van der Waals surface area contributed by atoms with E-state index in [4.69, 9.17) is 5.73 Å². The second kappa shape index (κ2) is 8.89. The Kier molecular flexibility index (Phi) is 6.25. The summed E-state index contributed by atoms with van der Waals surface area (Å²) in [7, 11) is 3.52. The Morgan fingerprint density at radius 2 is 1.69 bits per heavy atom. The van der Waals surface area contributed by atoms with Crippen LogP contribution in [-0.2, 0) is 9.59 Å². The standard InChI is InChI=1S/C23H22FN5O3/c1-13-16(24)10-14(22(26)32)11-17(13)27-21(31)9-8-20(30)15(12-25)23-28(2)18-6-4-5-7-19(18)29(23)3/h4-7,10-11H,8-9H2,1-3H3,(H2,26,32)(H,27,31). The number of nitriles is 1. The topological polar surface area (TPSA) is 120 Å². The summed E-state index contributed by atoms with van der Waals surface area (Å²) in [6.45, 7) is 1.45. The molecule has 1 aliphatic rings. The Hall–Kier alpha value is -4.19. The van der Waals surface area contributed by atoms with E-state index in [0.29, 0.717) is 5.82 Å². The molecule has 2 aromatic rings. The molecule has 9 heteroatoms. The second-order valence-corrected chi connectivity index (χ2v) is 7.38. The van der Waals surface area contributed by atoms with Gasteiger partial charge in [-0.15, -0.1) is 0 Å². The van der Waals surface area contributed by atoms with Crippen LogP contribution in [0.5, 0.6) is 0 Å². The van der Waals surface area contributed by atoms with E-state index in [2.05, 4.69) is 5.32 Å². The van der Waals surface area contributed by atoms with Gasteiger partial charge < -0.3 is 20.9 Å². The van der Waals surface area contributed by atoms with Crippen molar-refractivity contribution in [2.45, 2.75) is 19.8 Å². The maximum absolute atomic E-state index is 14.0. The van der Waals surface area contributed by atoms with E-state index in [-0.39, 0.29) is 35.2 Å². The van der Waals surface area contributed by atoms with Crippen LogP contribution in [0.4, 0.5) is 21.5 Å². The summed E-state index contributed by atoms with van der Waals surface area (Å²) in [4.78, 5) is 40.0. The highest BCUT2D eigenvalue weighted by atomic mass is 19.1. The number of halogens is 1. The first-order chi connectivity index (χ1) is 15.1. The molecule has 0 atom stereocenters. The Labute approximate surface area is 184 Å². The van der Waals surface area contributed by atoms with Gasteiger partial charge in [0, 0.05) is 43.8 Å².